The summed E-state index contributed by atoms with van der Waals surface area (Å²) >= 11 is 0. The molecule has 1 N–H and O–H groups in total. The van der Waals surface area contributed by atoms with Crippen LogP contribution in [0.4, 0.5) is 0 Å². The maximum absolute atomic E-state index is 12.4. The first-order valence-corrected chi connectivity index (χ1v) is 9.91. The number of fused-ring (bicyclic) bond motifs is 1. The number of nitrogens with zero attached hydrogens (tertiary/aromatic N) is 2. The molecule has 7 nitrogen and oxygen atoms in total. The Hall–Kier alpha value is -3.06. The summed E-state index contributed by atoms with van der Waals surface area (Å²) in [7, 11) is 0. The third-order valence-corrected chi connectivity index (χ3v) is 5.24. The molecule has 0 aromatic heterocycles. The highest BCUT2D eigenvalue weighted by molar-refractivity contribution is 6.35. The zero-order valence-electron chi connectivity index (χ0n) is 16.3. The Morgan fingerprint density at radius 2 is 1.66 bits per heavy atom. The van der Waals surface area contributed by atoms with Crippen molar-refractivity contribution in [2.24, 2.45) is 0 Å². The lowest BCUT2D eigenvalue weighted by Gasteiger charge is -2.34. The highest BCUT2D eigenvalue weighted by Crippen LogP contribution is 2.32. The molecule has 1 fully saturated rings. The van der Waals surface area contributed by atoms with Crippen LogP contribution in [0.5, 0.6) is 11.5 Å². The third-order valence-electron chi connectivity index (χ3n) is 5.24. The van der Waals surface area contributed by atoms with Crippen LogP contribution in [-0.2, 0) is 22.6 Å². The smallest absolute Gasteiger partial charge is 0.311 e. The Bertz CT molecular complexity index is 864. The molecular formula is C22H25N3O4. The van der Waals surface area contributed by atoms with E-state index in [1.54, 1.807) is 4.90 Å². The van der Waals surface area contributed by atoms with Gasteiger partial charge in [0.2, 0.25) is 6.79 Å². The number of carbonyl (C=O) groups excluding carboxylic acids is 2. The van der Waals surface area contributed by atoms with Crippen LogP contribution in [-0.4, -0.2) is 61.1 Å². The molecule has 152 valence electrons. The van der Waals surface area contributed by atoms with E-state index in [4.69, 9.17) is 9.47 Å². The van der Waals surface area contributed by atoms with Crippen molar-refractivity contribution in [3.63, 3.8) is 0 Å². The molecule has 0 atom stereocenters. The molecule has 2 aromatic carbocycles. The van der Waals surface area contributed by atoms with E-state index in [-0.39, 0.29) is 6.79 Å². The van der Waals surface area contributed by atoms with Crippen LogP contribution in [0, 0.1) is 0 Å². The standard InChI is InChI=1S/C22H25N3O4/c26-21(23-9-8-17-4-2-1-3-5-17)22(27)25-12-10-24(11-13-25)15-18-6-7-19-20(14-18)29-16-28-19/h1-7,14H,8-13,15-16H2,(H,23,26). The molecule has 0 saturated carbocycles. The van der Waals surface area contributed by atoms with Crippen LogP contribution in [0.25, 0.3) is 0 Å². The van der Waals surface area contributed by atoms with Crippen molar-refractivity contribution in [2.75, 3.05) is 39.5 Å². The van der Waals surface area contributed by atoms with Crippen molar-refractivity contribution in [1.82, 2.24) is 15.1 Å². The van der Waals surface area contributed by atoms with E-state index in [0.717, 1.165) is 42.3 Å². The average Bonchev–Trinajstić information content (AvgIpc) is 3.22. The van der Waals surface area contributed by atoms with Gasteiger partial charge in [-0.05, 0) is 29.7 Å². The van der Waals surface area contributed by atoms with E-state index >= 15 is 0 Å². The molecule has 2 heterocycles. The number of benzene rings is 2. The molecule has 0 spiro atoms. The summed E-state index contributed by atoms with van der Waals surface area (Å²) in [5.41, 5.74) is 2.28. The summed E-state index contributed by atoms with van der Waals surface area (Å²) in [6.07, 6.45) is 0.711. The first-order valence-electron chi connectivity index (χ1n) is 9.91. The SMILES string of the molecule is O=C(NCCc1ccccc1)C(=O)N1CCN(Cc2ccc3c(c2)OCO3)CC1. The van der Waals surface area contributed by atoms with Crippen molar-refractivity contribution in [3.05, 3.63) is 59.7 Å². The predicted octanol–water partition coefficient (Wildman–Crippen LogP) is 1.42. The summed E-state index contributed by atoms with van der Waals surface area (Å²) in [6.45, 7) is 4.08. The van der Waals surface area contributed by atoms with Gasteiger partial charge < -0.3 is 19.7 Å². The van der Waals surface area contributed by atoms with E-state index in [1.807, 2.05) is 48.5 Å². The van der Waals surface area contributed by atoms with Gasteiger partial charge >= 0.3 is 11.8 Å². The molecule has 2 aliphatic heterocycles. The Morgan fingerprint density at radius 1 is 0.897 bits per heavy atom. The number of ether oxygens (including phenoxy) is 2. The normalized spacial score (nSPS) is 15.9. The first-order chi connectivity index (χ1) is 14.2. The molecule has 0 aliphatic carbocycles. The lowest BCUT2D eigenvalue weighted by atomic mass is 10.1. The van der Waals surface area contributed by atoms with Crippen LogP contribution in [0.2, 0.25) is 0 Å². The quantitative estimate of drug-likeness (QED) is 0.776. The Kier molecular flexibility index (Phi) is 5.95. The van der Waals surface area contributed by atoms with Gasteiger partial charge in [-0.1, -0.05) is 36.4 Å². The summed E-state index contributed by atoms with van der Waals surface area (Å²) in [6, 6.07) is 15.9. The lowest BCUT2D eigenvalue weighted by molar-refractivity contribution is -0.147. The van der Waals surface area contributed by atoms with E-state index in [1.165, 1.54) is 0 Å². The summed E-state index contributed by atoms with van der Waals surface area (Å²) in [5.74, 6) is 0.594. The fourth-order valence-corrected chi connectivity index (χ4v) is 3.59. The van der Waals surface area contributed by atoms with Crippen molar-refractivity contribution in [1.29, 1.82) is 0 Å². The largest absolute Gasteiger partial charge is 0.454 e. The molecular weight excluding hydrogens is 370 g/mol. The molecule has 0 radical (unpaired) electrons. The zero-order chi connectivity index (χ0) is 20.1. The van der Waals surface area contributed by atoms with Crippen molar-refractivity contribution < 1.29 is 19.1 Å². The average molecular weight is 395 g/mol. The zero-order valence-corrected chi connectivity index (χ0v) is 16.3. The van der Waals surface area contributed by atoms with Gasteiger partial charge in [0.1, 0.15) is 0 Å². The van der Waals surface area contributed by atoms with Gasteiger partial charge in [0.25, 0.3) is 0 Å². The minimum atomic E-state index is -0.523. The molecule has 4 rings (SSSR count). The number of piperazine rings is 1. The fourth-order valence-electron chi connectivity index (χ4n) is 3.59. The van der Waals surface area contributed by atoms with Gasteiger partial charge in [-0.3, -0.25) is 14.5 Å². The molecule has 2 aromatic rings. The number of hydrogen-bond donors (Lipinski definition) is 1. The van der Waals surface area contributed by atoms with E-state index < -0.39 is 11.8 Å². The minimum Gasteiger partial charge on any atom is -0.454 e. The van der Waals surface area contributed by atoms with E-state index in [9.17, 15) is 9.59 Å². The van der Waals surface area contributed by atoms with Crippen LogP contribution in [0.15, 0.2) is 48.5 Å². The van der Waals surface area contributed by atoms with Crippen molar-refractivity contribution in [2.45, 2.75) is 13.0 Å². The number of hydrogen-bond acceptors (Lipinski definition) is 5. The second kappa shape index (κ2) is 8.96. The number of carbonyl (C=O) groups is 2. The van der Waals surface area contributed by atoms with Gasteiger partial charge in [-0.15, -0.1) is 0 Å². The molecule has 7 heteroatoms. The van der Waals surface area contributed by atoms with E-state index in [0.29, 0.717) is 26.1 Å². The Labute approximate surface area is 170 Å². The number of rotatable bonds is 5. The van der Waals surface area contributed by atoms with Crippen molar-refractivity contribution in [3.8, 4) is 11.5 Å². The Balaban J connectivity index is 1.20. The predicted molar refractivity (Wildman–Crippen MR) is 108 cm³/mol. The van der Waals surface area contributed by atoms with Crippen molar-refractivity contribution >= 4 is 11.8 Å². The topological polar surface area (TPSA) is 71.1 Å². The summed E-state index contributed by atoms with van der Waals surface area (Å²) < 4.78 is 10.8. The minimum absolute atomic E-state index is 0.271. The van der Waals surface area contributed by atoms with Crippen LogP contribution in [0.3, 0.4) is 0 Å². The molecule has 29 heavy (non-hydrogen) atoms. The molecule has 0 unspecified atom stereocenters. The van der Waals surface area contributed by atoms with Crippen LogP contribution in [0.1, 0.15) is 11.1 Å². The van der Waals surface area contributed by atoms with Gasteiger partial charge in [0.15, 0.2) is 11.5 Å². The lowest BCUT2D eigenvalue weighted by Crippen LogP contribution is -2.52. The summed E-state index contributed by atoms with van der Waals surface area (Å²) in [5, 5.41) is 2.73. The highest BCUT2D eigenvalue weighted by Gasteiger charge is 2.26. The van der Waals surface area contributed by atoms with Gasteiger partial charge in [-0.25, -0.2) is 0 Å². The van der Waals surface area contributed by atoms with Gasteiger partial charge in [0, 0.05) is 39.3 Å². The second-order valence-corrected chi connectivity index (χ2v) is 7.25. The van der Waals surface area contributed by atoms with Crippen LogP contribution < -0.4 is 14.8 Å². The van der Waals surface area contributed by atoms with E-state index in [2.05, 4.69) is 10.2 Å². The van der Waals surface area contributed by atoms with Gasteiger partial charge in [0.05, 0.1) is 0 Å². The van der Waals surface area contributed by atoms with Crippen LogP contribution >= 0.6 is 0 Å². The number of nitrogens with one attached hydrogen (secondary N) is 1. The monoisotopic (exact) mass is 395 g/mol. The molecule has 2 amide bonds. The molecule has 2 aliphatic rings. The third kappa shape index (κ3) is 4.86. The fraction of sp³-hybridized carbons (Fsp3) is 0.364. The Morgan fingerprint density at radius 3 is 2.45 bits per heavy atom. The maximum atomic E-state index is 12.4. The highest BCUT2D eigenvalue weighted by atomic mass is 16.7. The first kappa shape index (κ1) is 19.3. The maximum Gasteiger partial charge on any atom is 0.311 e. The second-order valence-electron chi connectivity index (χ2n) is 7.25. The molecule has 1 saturated heterocycles. The summed E-state index contributed by atoms with van der Waals surface area (Å²) in [4.78, 5) is 28.5. The van der Waals surface area contributed by atoms with Gasteiger partial charge in [-0.2, -0.15) is 0 Å². The number of amides is 2. The molecule has 0 bridgehead atoms.